The minimum atomic E-state index is 0.447. The van der Waals surface area contributed by atoms with Crippen molar-refractivity contribution in [2.45, 2.75) is 110 Å². The summed E-state index contributed by atoms with van der Waals surface area (Å²) in [5.41, 5.74) is 0. The molecule has 0 heterocycles. The van der Waals surface area contributed by atoms with Crippen molar-refractivity contribution in [3.8, 4) is 0 Å². The maximum Gasteiger partial charge on any atom is 0.132 e. The Bertz CT molecular complexity index is 232. The fourth-order valence-electron chi connectivity index (χ4n) is 2.53. The van der Waals surface area contributed by atoms with Crippen LogP contribution in [0.15, 0.2) is 0 Å². The van der Waals surface area contributed by atoms with Crippen LogP contribution in [-0.4, -0.2) is 11.6 Å². The average Bonchev–Trinajstić information content (AvgIpc) is 2.49. The van der Waals surface area contributed by atoms with Crippen molar-refractivity contribution >= 4 is 11.6 Å². The molecule has 2 heteroatoms. The third-order valence-electron chi connectivity index (χ3n) is 4.03. The second kappa shape index (κ2) is 15.7. The number of carbonyl (C=O) groups excluding carboxylic acids is 2. The highest BCUT2D eigenvalue weighted by Gasteiger charge is 2.02. The summed E-state index contributed by atoms with van der Waals surface area (Å²) in [7, 11) is 0. The van der Waals surface area contributed by atoms with Crippen LogP contribution in [0.3, 0.4) is 0 Å². The summed E-state index contributed by atoms with van der Waals surface area (Å²) in [4.78, 5) is 23.0. The third kappa shape index (κ3) is 15.5. The van der Waals surface area contributed by atoms with Crippen LogP contribution in [0, 0.1) is 0 Å². The van der Waals surface area contributed by atoms with Crippen LogP contribution in [0.4, 0.5) is 0 Å². The number of hydrogen-bond acceptors (Lipinski definition) is 2. The molecular formula is C19H36O2. The highest BCUT2D eigenvalue weighted by molar-refractivity contribution is 5.78. The smallest absolute Gasteiger partial charge is 0.132 e. The summed E-state index contributed by atoms with van der Waals surface area (Å²) >= 11 is 0. The molecule has 0 fully saturated rings. The van der Waals surface area contributed by atoms with Gasteiger partial charge in [-0.2, -0.15) is 0 Å². The van der Waals surface area contributed by atoms with E-state index in [0.29, 0.717) is 11.6 Å². The molecule has 0 aliphatic carbocycles. The number of Topliss-reactive ketones (excluding diaryl/α,β-unsaturated/α-hetero) is 2. The summed E-state index contributed by atoms with van der Waals surface area (Å²) < 4.78 is 0. The molecule has 0 N–H and O–H groups in total. The van der Waals surface area contributed by atoms with Crippen molar-refractivity contribution in [2.24, 2.45) is 0 Å². The monoisotopic (exact) mass is 296 g/mol. The molecule has 21 heavy (non-hydrogen) atoms. The maximum atomic E-state index is 11.5. The number of rotatable bonds is 16. The van der Waals surface area contributed by atoms with Crippen LogP contribution in [0.2, 0.25) is 0 Å². The molecule has 0 unspecified atom stereocenters. The summed E-state index contributed by atoms with van der Waals surface area (Å²) in [6, 6.07) is 0. The van der Waals surface area contributed by atoms with Gasteiger partial charge in [-0.1, -0.05) is 58.8 Å². The molecule has 124 valence electrons. The average molecular weight is 296 g/mol. The molecule has 0 aliphatic heterocycles. The minimum absolute atomic E-state index is 0.447. The van der Waals surface area contributed by atoms with Crippen LogP contribution in [0.1, 0.15) is 110 Å². The molecule has 0 aromatic heterocycles. The van der Waals surface area contributed by atoms with E-state index in [4.69, 9.17) is 0 Å². The number of carbonyl (C=O) groups is 2. The van der Waals surface area contributed by atoms with Crippen LogP contribution in [-0.2, 0) is 9.59 Å². The lowest BCUT2D eigenvalue weighted by Crippen LogP contribution is -1.97. The lowest BCUT2D eigenvalue weighted by atomic mass is 10.0. The normalized spacial score (nSPS) is 10.8. The topological polar surface area (TPSA) is 34.1 Å². The van der Waals surface area contributed by atoms with Crippen molar-refractivity contribution < 1.29 is 9.59 Å². The van der Waals surface area contributed by atoms with Gasteiger partial charge in [0.1, 0.15) is 11.6 Å². The lowest BCUT2D eigenvalue weighted by Gasteiger charge is -2.03. The zero-order valence-electron chi connectivity index (χ0n) is 14.4. The Kier molecular flexibility index (Phi) is 15.2. The Balaban J connectivity index is 3.19. The lowest BCUT2D eigenvalue weighted by molar-refractivity contribution is -0.120. The van der Waals surface area contributed by atoms with Crippen molar-refractivity contribution in [3.05, 3.63) is 0 Å². The van der Waals surface area contributed by atoms with Crippen molar-refractivity contribution in [1.29, 1.82) is 0 Å². The van der Waals surface area contributed by atoms with E-state index in [9.17, 15) is 9.59 Å². The number of unbranched alkanes of at least 4 members (excludes halogenated alkanes) is 8. The van der Waals surface area contributed by atoms with E-state index in [1.165, 1.54) is 32.1 Å². The highest BCUT2D eigenvalue weighted by atomic mass is 16.1. The largest absolute Gasteiger partial charge is 0.300 e. The fourth-order valence-corrected chi connectivity index (χ4v) is 2.53. The Morgan fingerprint density at radius 2 is 0.762 bits per heavy atom. The van der Waals surface area contributed by atoms with Gasteiger partial charge in [0, 0.05) is 25.7 Å². The molecule has 0 aromatic carbocycles. The zero-order chi connectivity index (χ0) is 15.8. The van der Waals surface area contributed by atoms with E-state index < -0.39 is 0 Å². The standard InChI is InChI=1S/C19H36O2/c1-3-5-14-18(20)16-12-10-8-7-9-11-13-17-19(21)15-6-4-2/h3-17H2,1-2H3. The Morgan fingerprint density at radius 3 is 1.10 bits per heavy atom. The van der Waals surface area contributed by atoms with E-state index in [2.05, 4.69) is 13.8 Å². The number of hydrogen-bond donors (Lipinski definition) is 0. The van der Waals surface area contributed by atoms with E-state index in [1.54, 1.807) is 0 Å². The first-order valence-electron chi connectivity index (χ1n) is 9.24. The molecular weight excluding hydrogens is 260 g/mol. The van der Waals surface area contributed by atoms with Gasteiger partial charge in [0.2, 0.25) is 0 Å². The van der Waals surface area contributed by atoms with Gasteiger partial charge >= 0.3 is 0 Å². The first kappa shape index (κ1) is 20.3. The summed E-state index contributed by atoms with van der Waals surface area (Å²) in [6.45, 7) is 4.26. The van der Waals surface area contributed by atoms with Crippen molar-refractivity contribution in [1.82, 2.24) is 0 Å². The van der Waals surface area contributed by atoms with Gasteiger partial charge in [0.15, 0.2) is 0 Å². The van der Waals surface area contributed by atoms with Crippen LogP contribution in [0.5, 0.6) is 0 Å². The molecule has 0 saturated carbocycles. The molecule has 0 aromatic rings. The van der Waals surface area contributed by atoms with Gasteiger partial charge in [-0.3, -0.25) is 9.59 Å². The van der Waals surface area contributed by atoms with Gasteiger partial charge in [-0.05, 0) is 25.7 Å². The first-order chi connectivity index (χ1) is 10.2. The molecule has 0 saturated heterocycles. The van der Waals surface area contributed by atoms with Gasteiger partial charge in [0.05, 0.1) is 0 Å². The minimum Gasteiger partial charge on any atom is -0.300 e. The summed E-state index contributed by atoms with van der Waals surface area (Å²) in [5.74, 6) is 0.893. The predicted octanol–water partition coefficient (Wildman–Crippen LogP) is 6.02. The fraction of sp³-hybridized carbons (Fsp3) is 0.895. The van der Waals surface area contributed by atoms with Crippen molar-refractivity contribution in [2.75, 3.05) is 0 Å². The summed E-state index contributed by atoms with van der Waals surface area (Å²) in [5, 5.41) is 0. The molecule has 0 spiro atoms. The second-order valence-corrected chi connectivity index (χ2v) is 6.26. The molecule has 2 nitrogen and oxygen atoms in total. The molecule has 0 radical (unpaired) electrons. The molecule has 0 amide bonds. The van der Waals surface area contributed by atoms with Gasteiger partial charge in [-0.25, -0.2) is 0 Å². The second-order valence-electron chi connectivity index (χ2n) is 6.26. The third-order valence-corrected chi connectivity index (χ3v) is 4.03. The van der Waals surface area contributed by atoms with Crippen LogP contribution >= 0.6 is 0 Å². The van der Waals surface area contributed by atoms with Crippen LogP contribution < -0.4 is 0 Å². The van der Waals surface area contributed by atoms with Crippen LogP contribution in [0.25, 0.3) is 0 Å². The Labute approximate surface area is 132 Å². The molecule has 0 aliphatic rings. The molecule has 0 atom stereocenters. The van der Waals surface area contributed by atoms with E-state index in [-0.39, 0.29) is 0 Å². The van der Waals surface area contributed by atoms with Gasteiger partial charge < -0.3 is 0 Å². The quantitative estimate of drug-likeness (QED) is 0.326. The maximum absolute atomic E-state index is 11.5. The first-order valence-corrected chi connectivity index (χ1v) is 9.24. The predicted molar refractivity (Wildman–Crippen MR) is 90.6 cm³/mol. The zero-order valence-corrected chi connectivity index (χ0v) is 14.4. The number of ketones is 2. The Morgan fingerprint density at radius 1 is 0.476 bits per heavy atom. The molecule has 0 bridgehead atoms. The SMILES string of the molecule is CCCCC(=O)CCCCCCCCCC(=O)CCCC. The van der Waals surface area contributed by atoms with E-state index in [1.807, 2.05) is 0 Å². The highest BCUT2D eigenvalue weighted by Crippen LogP contribution is 2.12. The summed E-state index contributed by atoms with van der Waals surface area (Å²) in [6.07, 6.45) is 15.7. The van der Waals surface area contributed by atoms with Gasteiger partial charge in [-0.15, -0.1) is 0 Å². The van der Waals surface area contributed by atoms with Gasteiger partial charge in [0.25, 0.3) is 0 Å². The Hall–Kier alpha value is -0.660. The van der Waals surface area contributed by atoms with Crippen molar-refractivity contribution in [3.63, 3.8) is 0 Å². The molecule has 0 rings (SSSR count). The van der Waals surface area contributed by atoms with E-state index >= 15 is 0 Å². The van der Waals surface area contributed by atoms with E-state index in [0.717, 1.165) is 64.2 Å².